The van der Waals surface area contributed by atoms with E-state index in [0.717, 1.165) is 10.8 Å². The lowest BCUT2D eigenvalue weighted by atomic mass is 10.1. The van der Waals surface area contributed by atoms with Crippen molar-refractivity contribution in [2.45, 2.75) is 4.90 Å². The second-order valence-electron chi connectivity index (χ2n) is 5.47. The lowest BCUT2D eigenvalue weighted by Crippen LogP contribution is -2.33. The van der Waals surface area contributed by atoms with Crippen molar-refractivity contribution in [1.29, 1.82) is 0 Å². The lowest BCUT2D eigenvalue weighted by molar-refractivity contribution is -0.115. The van der Waals surface area contributed by atoms with Crippen LogP contribution in [0.5, 0.6) is 0 Å². The Morgan fingerprint density at radius 2 is 1.69 bits per heavy atom. The van der Waals surface area contributed by atoms with E-state index in [1.807, 2.05) is 36.4 Å². The third-order valence-corrected chi connectivity index (χ3v) is 5.79. The summed E-state index contributed by atoms with van der Waals surface area (Å²) < 4.78 is 26.9. The summed E-state index contributed by atoms with van der Waals surface area (Å²) in [5.41, 5.74) is 0.605. The number of nitrogens with one attached hydrogen (secondary N) is 2. The van der Waals surface area contributed by atoms with Gasteiger partial charge in [0, 0.05) is 16.1 Å². The van der Waals surface area contributed by atoms with Crippen LogP contribution in [-0.2, 0) is 14.8 Å². The molecule has 0 heterocycles. The van der Waals surface area contributed by atoms with Crippen LogP contribution < -0.4 is 10.0 Å². The van der Waals surface area contributed by atoms with Gasteiger partial charge < -0.3 is 5.32 Å². The van der Waals surface area contributed by atoms with Crippen molar-refractivity contribution in [3.05, 3.63) is 70.7 Å². The van der Waals surface area contributed by atoms with Gasteiger partial charge in [0.15, 0.2) is 0 Å². The number of amides is 1. The molecule has 3 aromatic rings. The van der Waals surface area contributed by atoms with Crippen LogP contribution in [0.4, 0.5) is 5.69 Å². The van der Waals surface area contributed by atoms with E-state index >= 15 is 0 Å². The topological polar surface area (TPSA) is 75.3 Å². The highest BCUT2D eigenvalue weighted by molar-refractivity contribution is 7.89. The molecule has 26 heavy (non-hydrogen) atoms. The molecule has 0 saturated carbocycles. The van der Waals surface area contributed by atoms with Gasteiger partial charge in [0.1, 0.15) is 4.90 Å². The van der Waals surface area contributed by atoms with Crippen LogP contribution in [0.3, 0.4) is 0 Å². The van der Waals surface area contributed by atoms with Gasteiger partial charge in [0.05, 0.1) is 11.6 Å². The lowest BCUT2D eigenvalue weighted by Gasteiger charge is -2.11. The first-order valence-electron chi connectivity index (χ1n) is 7.59. The summed E-state index contributed by atoms with van der Waals surface area (Å²) in [6.45, 7) is -0.436. The normalized spacial score (nSPS) is 11.5. The fourth-order valence-electron chi connectivity index (χ4n) is 2.45. The van der Waals surface area contributed by atoms with Crippen molar-refractivity contribution >= 4 is 55.6 Å². The van der Waals surface area contributed by atoms with Gasteiger partial charge in [-0.05, 0) is 29.7 Å². The molecule has 2 N–H and O–H groups in total. The molecule has 0 aliphatic carbocycles. The van der Waals surface area contributed by atoms with E-state index in [1.165, 1.54) is 18.2 Å². The molecule has 0 bridgehead atoms. The van der Waals surface area contributed by atoms with Crippen LogP contribution in [0.2, 0.25) is 10.0 Å². The zero-order chi connectivity index (χ0) is 18.7. The van der Waals surface area contributed by atoms with Gasteiger partial charge in [0.2, 0.25) is 15.9 Å². The van der Waals surface area contributed by atoms with E-state index in [9.17, 15) is 13.2 Å². The Bertz CT molecular complexity index is 1080. The molecule has 3 rings (SSSR count). The minimum Gasteiger partial charge on any atom is -0.324 e. The van der Waals surface area contributed by atoms with Crippen LogP contribution >= 0.6 is 23.2 Å². The highest BCUT2D eigenvalue weighted by Crippen LogP contribution is 2.25. The number of carbonyl (C=O) groups excluding carboxylic acids is 1. The Morgan fingerprint density at radius 1 is 0.962 bits per heavy atom. The van der Waals surface area contributed by atoms with E-state index < -0.39 is 22.5 Å². The predicted molar refractivity (Wildman–Crippen MR) is 104 cm³/mol. The molecule has 0 unspecified atom stereocenters. The first-order chi connectivity index (χ1) is 12.4. The standard InChI is InChI=1S/C18H14Cl2N2O3S/c19-13-8-9-15(20)17(10-13)26(24,25)21-11-18(23)22-16-7-3-5-12-4-1-2-6-14(12)16/h1-10,21H,11H2,(H,22,23). The largest absolute Gasteiger partial charge is 0.324 e. The third kappa shape index (κ3) is 4.16. The SMILES string of the molecule is O=C(CNS(=O)(=O)c1cc(Cl)ccc1Cl)Nc1cccc2ccccc12. The second-order valence-corrected chi connectivity index (χ2v) is 8.05. The first kappa shape index (κ1) is 18.7. The smallest absolute Gasteiger partial charge is 0.242 e. The average molecular weight is 409 g/mol. The number of hydrogen-bond acceptors (Lipinski definition) is 3. The van der Waals surface area contributed by atoms with Crippen molar-refractivity contribution in [2.24, 2.45) is 0 Å². The summed E-state index contributed by atoms with van der Waals surface area (Å²) in [6.07, 6.45) is 0. The maximum absolute atomic E-state index is 12.3. The number of hydrogen-bond donors (Lipinski definition) is 2. The molecular formula is C18H14Cl2N2O3S. The minimum atomic E-state index is -3.97. The second kappa shape index (κ2) is 7.63. The molecule has 0 spiro atoms. The number of benzene rings is 3. The fourth-order valence-corrected chi connectivity index (χ4v) is 4.19. The average Bonchev–Trinajstić information content (AvgIpc) is 2.62. The maximum Gasteiger partial charge on any atom is 0.242 e. The number of halogens is 2. The zero-order valence-electron chi connectivity index (χ0n) is 13.4. The number of rotatable bonds is 5. The summed E-state index contributed by atoms with van der Waals surface area (Å²) in [5, 5.41) is 4.80. The molecule has 0 saturated heterocycles. The van der Waals surface area contributed by atoms with Crippen molar-refractivity contribution in [3.8, 4) is 0 Å². The molecule has 8 heteroatoms. The minimum absolute atomic E-state index is 0.0244. The van der Waals surface area contributed by atoms with E-state index in [4.69, 9.17) is 23.2 Å². The molecule has 0 aromatic heterocycles. The van der Waals surface area contributed by atoms with Gasteiger partial charge >= 0.3 is 0 Å². The molecular weight excluding hydrogens is 395 g/mol. The van der Waals surface area contributed by atoms with Gasteiger partial charge in [-0.15, -0.1) is 0 Å². The maximum atomic E-state index is 12.3. The van der Waals surface area contributed by atoms with Crippen molar-refractivity contribution in [2.75, 3.05) is 11.9 Å². The Balaban J connectivity index is 1.73. The van der Waals surface area contributed by atoms with Crippen molar-refractivity contribution in [1.82, 2.24) is 4.72 Å². The summed E-state index contributed by atoms with van der Waals surface area (Å²) in [5.74, 6) is -0.497. The van der Waals surface area contributed by atoms with Gasteiger partial charge in [-0.3, -0.25) is 4.79 Å². The van der Waals surface area contributed by atoms with Crippen LogP contribution in [0.25, 0.3) is 10.8 Å². The summed E-state index contributed by atoms with van der Waals surface area (Å²) >= 11 is 11.7. The van der Waals surface area contributed by atoms with Crippen LogP contribution in [0.15, 0.2) is 65.6 Å². The van der Waals surface area contributed by atoms with E-state index in [1.54, 1.807) is 6.07 Å². The highest BCUT2D eigenvalue weighted by atomic mass is 35.5. The Morgan fingerprint density at radius 3 is 2.50 bits per heavy atom. The molecule has 0 fully saturated rings. The summed E-state index contributed by atoms with van der Waals surface area (Å²) in [4.78, 5) is 12.0. The predicted octanol–water partition coefficient (Wildman–Crippen LogP) is 4.06. The van der Waals surface area contributed by atoms with E-state index in [-0.39, 0.29) is 14.9 Å². The quantitative estimate of drug-likeness (QED) is 0.667. The summed E-state index contributed by atoms with van der Waals surface area (Å²) in [6, 6.07) is 17.2. The number of sulfonamides is 1. The Kier molecular flexibility index (Phi) is 5.48. The van der Waals surface area contributed by atoms with E-state index in [2.05, 4.69) is 10.0 Å². The third-order valence-electron chi connectivity index (χ3n) is 3.67. The fraction of sp³-hybridized carbons (Fsp3) is 0.0556. The first-order valence-corrected chi connectivity index (χ1v) is 9.83. The van der Waals surface area contributed by atoms with Crippen molar-refractivity contribution < 1.29 is 13.2 Å². The number of anilines is 1. The summed E-state index contributed by atoms with van der Waals surface area (Å²) in [7, 11) is -3.97. The Labute approximate surface area is 161 Å². The van der Waals surface area contributed by atoms with Crippen LogP contribution in [-0.4, -0.2) is 20.9 Å². The molecule has 1 amide bonds. The number of fused-ring (bicyclic) bond motifs is 1. The molecule has 3 aromatic carbocycles. The highest BCUT2D eigenvalue weighted by Gasteiger charge is 2.19. The molecule has 5 nitrogen and oxygen atoms in total. The molecule has 0 atom stereocenters. The monoisotopic (exact) mass is 408 g/mol. The molecule has 0 aliphatic heterocycles. The Hall–Kier alpha value is -2.12. The van der Waals surface area contributed by atoms with Crippen LogP contribution in [0, 0.1) is 0 Å². The molecule has 0 radical (unpaired) electrons. The zero-order valence-corrected chi connectivity index (χ0v) is 15.7. The van der Waals surface area contributed by atoms with Crippen molar-refractivity contribution in [3.63, 3.8) is 0 Å². The van der Waals surface area contributed by atoms with Crippen LogP contribution in [0.1, 0.15) is 0 Å². The van der Waals surface area contributed by atoms with Gasteiger partial charge in [-0.2, -0.15) is 0 Å². The number of carbonyl (C=O) groups is 1. The molecule has 134 valence electrons. The van der Waals surface area contributed by atoms with Gasteiger partial charge in [-0.1, -0.05) is 59.6 Å². The molecule has 0 aliphatic rings. The van der Waals surface area contributed by atoms with E-state index in [0.29, 0.717) is 5.69 Å². The van der Waals surface area contributed by atoms with Gasteiger partial charge in [-0.25, -0.2) is 13.1 Å². The van der Waals surface area contributed by atoms with Gasteiger partial charge in [0.25, 0.3) is 0 Å².